The van der Waals surface area contributed by atoms with Crippen molar-refractivity contribution in [2.24, 2.45) is 16.6 Å². The lowest BCUT2D eigenvalue weighted by Gasteiger charge is -2.21. The number of nitrogens with zero attached hydrogens (tertiary/aromatic N) is 1. The van der Waals surface area contributed by atoms with Gasteiger partial charge in [-0.15, -0.1) is 0 Å². The maximum absolute atomic E-state index is 7.62. The Bertz CT molecular complexity index is 220. The van der Waals surface area contributed by atoms with E-state index in [4.69, 9.17) is 11.1 Å². The van der Waals surface area contributed by atoms with Crippen molar-refractivity contribution in [3.05, 3.63) is 0 Å². The Morgan fingerprint density at radius 3 is 2.15 bits per heavy atom. The predicted molar refractivity (Wildman–Crippen MR) is 55.9 cm³/mol. The average molecular weight is 183 g/mol. The fourth-order valence-electron chi connectivity index (χ4n) is 2.15. The van der Waals surface area contributed by atoms with E-state index < -0.39 is 0 Å². The Morgan fingerprint density at radius 1 is 1.46 bits per heavy atom. The van der Waals surface area contributed by atoms with Gasteiger partial charge in [0, 0.05) is 5.41 Å². The van der Waals surface area contributed by atoms with Gasteiger partial charge in [0.25, 0.3) is 0 Å². The van der Waals surface area contributed by atoms with E-state index in [1.807, 2.05) is 0 Å². The Labute approximate surface area is 80.8 Å². The smallest absolute Gasteiger partial charge is 0.0974 e. The summed E-state index contributed by atoms with van der Waals surface area (Å²) in [5.41, 5.74) is 5.90. The number of amidine groups is 1. The van der Waals surface area contributed by atoms with E-state index in [-0.39, 0.29) is 10.8 Å². The van der Waals surface area contributed by atoms with Gasteiger partial charge in [0.1, 0.15) is 0 Å². The molecule has 13 heavy (non-hydrogen) atoms. The van der Waals surface area contributed by atoms with Crippen LogP contribution in [0.15, 0.2) is 0 Å². The van der Waals surface area contributed by atoms with Crippen molar-refractivity contribution in [3.63, 3.8) is 0 Å². The minimum Gasteiger partial charge on any atom is -0.387 e. The van der Waals surface area contributed by atoms with Gasteiger partial charge < -0.3 is 10.6 Å². The largest absolute Gasteiger partial charge is 0.387 e. The zero-order valence-electron chi connectivity index (χ0n) is 9.15. The molecule has 0 bridgehead atoms. The molecule has 3 heteroatoms. The SMILES string of the molecule is CN(C)CCC1(C(=N)N)CC1(C)C. The maximum atomic E-state index is 7.62. The summed E-state index contributed by atoms with van der Waals surface area (Å²) in [5.74, 6) is 0.374. The molecule has 0 saturated heterocycles. The van der Waals surface area contributed by atoms with Gasteiger partial charge in [-0.1, -0.05) is 13.8 Å². The van der Waals surface area contributed by atoms with Crippen molar-refractivity contribution in [3.8, 4) is 0 Å². The van der Waals surface area contributed by atoms with Crippen LogP contribution in [0, 0.1) is 16.2 Å². The van der Waals surface area contributed by atoms with Crippen LogP contribution in [0.4, 0.5) is 0 Å². The Morgan fingerprint density at radius 2 is 1.92 bits per heavy atom. The molecule has 1 atom stereocenters. The average Bonchev–Trinajstić information content (AvgIpc) is 2.51. The summed E-state index contributed by atoms with van der Waals surface area (Å²) < 4.78 is 0. The van der Waals surface area contributed by atoms with Gasteiger partial charge in [-0.05, 0) is 38.9 Å². The predicted octanol–water partition coefficient (Wildman–Crippen LogP) is 1.29. The second-order valence-corrected chi connectivity index (χ2v) is 5.11. The first kappa shape index (κ1) is 10.5. The van der Waals surface area contributed by atoms with Crippen LogP contribution in [-0.2, 0) is 0 Å². The summed E-state index contributed by atoms with van der Waals surface area (Å²) in [5, 5.41) is 7.62. The Balaban J connectivity index is 2.58. The van der Waals surface area contributed by atoms with Gasteiger partial charge in [0.05, 0.1) is 5.84 Å². The van der Waals surface area contributed by atoms with Crippen LogP contribution in [-0.4, -0.2) is 31.4 Å². The molecule has 0 aromatic carbocycles. The van der Waals surface area contributed by atoms with Gasteiger partial charge in [-0.2, -0.15) is 0 Å². The Hall–Kier alpha value is -0.570. The summed E-state index contributed by atoms with van der Waals surface area (Å²) in [6.45, 7) is 5.41. The normalized spacial score (nSPS) is 30.5. The van der Waals surface area contributed by atoms with Gasteiger partial charge in [0.15, 0.2) is 0 Å². The minimum atomic E-state index is -0.00271. The van der Waals surface area contributed by atoms with Crippen molar-refractivity contribution in [2.75, 3.05) is 20.6 Å². The zero-order chi connectivity index (χ0) is 10.3. The molecular weight excluding hydrogens is 162 g/mol. The molecular formula is C10H21N3. The lowest BCUT2D eigenvalue weighted by atomic mass is 9.91. The van der Waals surface area contributed by atoms with Gasteiger partial charge >= 0.3 is 0 Å². The fourth-order valence-corrected chi connectivity index (χ4v) is 2.15. The van der Waals surface area contributed by atoms with Crippen molar-refractivity contribution >= 4 is 5.84 Å². The van der Waals surface area contributed by atoms with Crippen molar-refractivity contribution in [1.82, 2.24) is 4.90 Å². The molecule has 76 valence electrons. The lowest BCUT2D eigenvalue weighted by Crippen LogP contribution is -2.31. The lowest BCUT2D eigenvalue weighted by molar-refractivity contribution is 0.345. The van der Waals surface area contributed by atoms with E-state index in [0.29, 0.717) is 5.84 Å². The van der Waals surface area contributed by atoms with Crippen LogP contribution in [0.3, 0.4) is 0 Å². The molecule has 0 spiro atoms. The first-order valence-corrected chi connectivity index (χ1v) is 4.81. The number of hydrogen-bond acceptors (Lipinski definition) is 2. The van der Waals surface area contributed by atoms with Crippen molar-refractivity contribution in [1.29, 1.82) is 5.41 Å². The first-order valence-electron chi connectivity index (χ1n) is 4.81. The van der Waals surface area contributed by atoms with E-state index in [1.165, 1.54) is 0 Å². The topological polar surface area (TPSA) is 53.1 Å². The first-order chi connectivity index (χ1) is 5.82. The molecule has 0 aromatic heterocycles. The minimum absolute atomic E-state index is 0.00271. The summed E-state index contributed by atoms with van der Waals surface area (Å²) in [6.07, 6.45) is 2.09. The number of nitrogens with two attached hydrogens (primary N) is 1. The number of hydrogen-bond donors (Lipinski definition) is 2. The van der Waals surface area contributed by atoms with E-state index in [1.54, 1.807) is 0 Å². The van der Waals surface area contributed by atoms with Gasteiger partial charge in [-0.25, -0.2) is 0 Å². The molecule has 3 nitrogen and oxygen atoms in total. The van der Waals surface area contributed by atoms with Crippen molar-refractivity contribution < 1.29 is 0 Å². The Kier molecular flexibility index (Phi) is 2.41. The monoisotopic (exact) mass is 183 g/mol. The van der Waals surface area contributed by atoms with Gasteiger partial charge in [-0.3, -0.25) is 5.41 Å². The number of rotatable bonds is 4. The van der Waals surface area contributed by atoms with Crippen LogP contribution in [0.2, 0.25) is 0 Å². The summed E-state index contributed by atoms with van der Waals surface area (Å²) >= 11 is 0. The highest BCUT2D eigenvalue weighted by atomic mass is 15.1. The van der Waals surface area contributed by atoms with Crippen molar-refractivity contribution in [2.45, 2.75) is 26.7 Å². The van der Waals surface area contributed by atoms with Crippen LogP contribution in [0.1, 0.15) is 26.7 Å². The van der Waals surface area contributed by atoms with E-state index in [9.17, 15) is 0 Å². The summed E-state index contributed by atoms with van der Waals surface area (Å²) in [7, 11) is 4.12. The third-order valence-corrected chi connectivity index (χ3v) is 3.42. The van der Waals surface area contributed by atoms with Crippen LogP contribution in [0.5, 0.6) is 0 Å². The molecule has 3 N–H and O–H groups in total. The quantitative estimate of drug-likeness (QED) is 0.510. The molecule has 1 saturated carbocycles. The molecule has 1 unspecified atom stereocenters. The van der Waals surface area contributed by atoms with E-state index in [0.717, 1.165) is 19.4 Å². The van der Waals surface area contributed by atoms with Crippen LogP contribution < -0.4 is 5.73 Å². The highest BCUT2D eigenvalue weighted by Gasteiger charge is 2.62. The molecule has 1 aliphatic rings. The molecule has 1 rings (SSSR count). The standard InChI is InChI=1S/C10H21N3/c1-9(2)7-10(9,8(11)12)5-6-13(3)4/h5-7H2,1-4H3,(H3,11,12). The molecule has 0 radical (unpaired) electrons. The molecule has 0 aliphatic heterocycles. The summed E-state index contributed by atoms with van der Waals surface area (Å²) in [4.78, 5) is 2.15. The molecule has 0 heterocycles. The third kappa shape index (κ3) is 1.70. The molecule has 1 aliphatic carbocycles. The fraction of sp³-hybridized carbons (Fsp3) is 0.900. The highest BCUT2D eigenvalue weighted by Crippen LogP contribution is 2.65. The zero-order valence-corrected chi connectivity index (χ0v) is 9.15. The second kappa shape index (κ2) is 2.98. The van der Waals surface area contributed by atoms with Crippen LogP contribution in [0.25, 0.3) is 0 Å². The highest BCUT2D eigenvalue weighted by molar-refractivity contribution is 5.87. The molecule has 0 aromatic rings. The molecule has 1 fully saturated rings. The maximum Gasteiger partial charge on any atom is 0.0974 e. The summed E-state index contributed by atoms with van der Waals surface area (Å²) in [6, 6.07) is 0. The third-order valence-electron chi connectivity index (χ3n) is 3.42. The van der Waals surface area contributed by atoms with Gasteiger partial charge in [0.2, 0.25) is 0 Å². The van der Waals surface area contributed by atoms with E-state index in [2.05, 4.69) is 32.8 Å². The second-order valence-electron chi connectivity index (χ2n) is 5.11. The molecule has 0 amide bonds. The number of nitrogens with one attached hydrogen (secondary N) is 1. The van der Waals surface area contributed by atoms with Crippen LogP contribution >= 0.6 is 0 Å². The van der Waals surface area contributed by atoms with E-state index >= 15 is 0 Å².